The molecular weight excluding hydrogens is 330 g/mol. The smallest absolute Gasteiger partial charge is 0.203 e. The molecular formula is C17H15NO3S2. The number of ether oxygens (including phenoxy) is 3. The van der Waals surface area contributed by atoms with Gasteiger partial charge in [-0.2, -0.15) is 0 Å². The van der Waals surface area contributed by atoms with E-state index in [0.717, 1.165) is 25.3 Å². The van der Waals surface area contributed by atoms with E-state index >= 15 is 0 Å². The van der Waals surface area contributed by atoms with Crippen molar-refractivity contribution in [3.8, 4) is 27.8 Å². The predicted molar refractivity (Wildman–Crippen MR) is 95.5 cm³/mol. The van der Waals surface area contributed by atoms with Gasteiger partial charge in [-0.05, 0) is 18.2 Å². The molecule has 0 bridgehead atoms. The number of benzene rings is 2. The maximum atomic E-state index is 5.50. The summed E-state index contributed by atoms with van der Waals surface area (Å²) in [7, 11) is 4.77. The molecule has 0 aliphatic heterocycles. The van der Waals surface area contributed by atoms with Gasteiger partial charge in [0.2, 0.25) is 5.75 Å². The number of para-hydroxylation sites is 1. The third-order valence-corrected chi connectivity index (χ3v) is 4.84. The Bertz CT molecular complexity index is 896. The second kappa shape index (κ2) is 6.52. The first kappa shape index (κ1) is 15.7. The molecule has 0 atom stereocenters. The van der Waals surface area contributed by atoms with E-state index in [4.69, 9.17) is 31.4 Å². The highest BCUT2D eigenvalue weighted by Crippen LogP contribution is 2.41. The van der Waals surface area contributed by atoms with Crippen molar-refractivity contribution >= 4 is 34.5 Å². The molecule has 3 rings (SSSR count). The van der Waals surface area contributed by atoms with Crippen LogP contribution in [0.4, 0.5) is 0 Å². The summed E-state index contributed by atoms with van der Waals surface area (Å²) in [5, 5.41) is 1.80. The number of methoxy groups -OCH3 is 3. The average Bonchev–Trinajstić information content (AvgIpc) is 2.60. The van der Waals surface area contributed by atoms with Crippen LogP contribution >= 0.6 is 23.6 Å². The molecule has 0 radical (unpaired) electrons. The minimum atomic E-state index is 0.558. The van der Waals surface area contributed by atoms with E-state index in [-0.39, 0.29) is 0 Å². The molecule has 1 aromatic heterocycles. The van der Waals surface area contributed by atoms with Crippen LogP contribution in [0.25, 0.3) is 21.5 Å². The Hall–Kier alpha value is -2.18. The van der Waals surface area contributed by atoms with Crippen LogP contribution in [0.15, 0.2) is 36.4 Å². The molecule has 0 amide bonds. The lowest BCUT2D eigenvalue weighted by molar-refractivity contribution is 0.324. The van der Waals surface area contributed by atoms with Crippen molar-refractivity contribution in [2.24, 2.45) is 0 Å². The number of aromatic nitrogens is 1. The van der Waals surface area contributed by atoms with Gasteiger partial charge in [0.05, 0.1) is 26.8 Å². The Balaban J connectivity index is 2.24. The van der Waals surface area contributed by atoms with Gasteiger partial charge in [-0.3, -0.25) is 0 Å². The Labute approximate surface area is 143 Å². The first-order valence-electron chi connectivity index (χ1n) is 6.88. The van der Waals surface area contributed by atoms with E-state index in [1.807, 2.05) is 36.4 Å². The lowest BCUT2D eigenvalue weighted by atomic mass is 10.2. The molecule has 0 fully saturated rings. The molecule has 23 heavy (non-hydrogen) atoms. The zero-order valence-electron chi connectivity index (χ0n) is 13.0. The maximum Gasteiger partial charge on any atom is 0.203 e. The predicted octanol–water partition coefficient (Wildman–Crippen LogP) is 4.72. The average molecular weight is 345 g/mol. The first-order chi connectivity index (χ1) is 11.2. The third-order valence-electron chi connectivity index (χ3n) is 3.45. The van der Waals surface area contributed by atoms with E-state index in [1.165, 1.54) is 11.3 Å². The van der Waals surface area contributed by atoms with Gasteiger partial charge in [0.15, 0.2) is 11.5 Å². The van der Waals surface area contributed by atoms with Gasteiger partial charge in [-0.25, -0.2) is 4.98 Å². The van der Waals surface area contributed by atoms with Crippen LogP contribution in [0.3, 0.4) is 0 Å². The van der Waals surface area contributed by atoms with Gasteiger partial charge in [0.1, 0.15) is 8.83 Å². The van der Waals surface area contributed by atoms with E-state index in [2.05, 4.69) is 0 Å². The Morgan fingerprint density at radius 1 is 0.957 bits per heavy atom. The zero-order chi connectivity index (χ0) is 16.4. The van der Waals surface area contributed by atoms with Crippen LogP contribution in [0.5, 0.6) is 17.2 Å². The largest absolute Gasteiger partial charge is 0.493 e. The lowest BCUT2D eigenvalue weighted by Gasteiger charge is -2.13. The highest BCUT2D eigenvalue weighted by atomic mass is 32.1. The second-order valence-electron chi connectivity index (χ2n) is 4.74. The Morgan fingerprint density at radius 3 is 2.22 bits per heavy atom. The van der Waals surface area contributed by atoms with Crippen LogP contribution in [0, 0.1) is 3.82 Å². The van der Waals surface area contributed by atoms with Crippen molar-refractivity contribution in [1.82, 2.24) is 4.98 Å². The summed E-state index contributed by atoms with van der Waals surface area (Å²) in [6, 6.07) is 11.6. The van der Waals surface area contributed by atoms with Crippen LogP contribution in [0.2, 0.25) is 0 Å². The van der Waals surface area contributed by atoms with Crippen LogP contribution < -0.4 is 14.2 Å². The van der Waals surface area contributed by atoms with E-state index in [9.17, 15) is 0 Å². The minimum Gasteiger partial charge on any atom is -0.493 e. The number of nitrogens with zero attached hydrogens (tertiary/aromatic N) is 1. The highest BCUT2D eigenvalue weighted by molar-refractivity contribution is 7.74. The molecule has 1 heterocycles. The standard InChI is InChI=1S/C17H15NO3S2/c1-19-13-8-10(9-14(20-2)15(13)21-3)16-18-12-7-5-4-6-11(12)17(22)23-16/h4-9H,1-3H3. The van der Waals surface area contributed by atoms with Gasteiger partial charge in [-0.15, -0.1) is 11.3 Å². The Kier molecular flexibility index (Phi) is 4.45. The SMILES string of the molecule is COc1cc(-c2nc3ccccc3c(=S)s2)cc(OC)c1OC. The summed E-state index contributed by atoms with van der Waals surface area (Å²) in [4.78, 5) is 4.71. The molecule has 2 aromatic carbocycles. The molecule has 0 unspecified atom stereocenters. The van der Waals surface area contributed by atoms with Gasteiger partial charge in [0, 0.05) is 10.9 Å². The fraction of sp³-hybridized carbons (Fsp3) is 0.176. The molecule has 0 aliphatic rings. The van der Waals surface area contributed by atoms with E-state index in [1.54, 1.807) is 21.3 Å². The molecule has 0 aliphatic carbocycles. The highest BCUT2D eigenvalue weighted by Gasteiger charge is 2.15. The number of hydrogen-bond acceptors (Lipinski definition) is 6. The molecule has 6 heteroatoms. The van der Waals surface area contributed by atoms with Crippen molar-refractivity contribution in [3.05, 3.63) is 40.2 Å². The molecule has 0 saturated heterocycles. The summed E-state index contributed by atoms with van der Waals surface area (Å²) < 4.78 is 17.0. The van der Waals surface area contributed by atoms with E-state index < -0.39 is 0 Å². The summed E-state index contributed by atoms with van der Waals surface area (Å²) in [6.07, 6.45) is 0. The van der Waals surface area contributed by atoms with Crippen LogP contribution in [-0.2, 0) is 0 Å². The zero-order valence-corrected chi connectivity index (χ0v) is 14.6. The monoisotopic (exact) mass is 345 g/mol. The van der Waals surface area contributed by atoms with Crippen molar-refractivity contribution < 1.29 is 14.2 Å². The van der Waals surface area contributed by atoms with Crippen molar-refractivity contribution in [1.29, 1.82) is 0 Å². The van der Waals surface area contributed by atoms with Gasteiger partial charge >= 0.3 is 0 Å². The summed E-state index contributed by atoms with van der Waals surface area (Å²) in [6.45, 7) is 0. The maximum absolute atomic E-state index is 5.50. The topological polar surface area (TPSA) is 40.6 Å². The fourth-order valence-corrected chi connectivity index (χ4v) is 3.59. The van der Waals surface area contributed by atoms with E-state index in [0.29, 0.717) is 17.2 Å². The van der Waals surface area contributed by atoms with Crippen molar-refractivity contribution in [2.45, 2.75) is 0 Å². The molecule has 0 N–H and O–H groups in total. The number of hydrogen-bond donors (Lipinski definition) is 0. The fourth-order valence-electron chi connectivity index (χ4n) is 2.35. The van der Waals surface area contributed by atoms with Gasteiger partial charge < -0.3 is 14.2 Å². The molecule has 0 saturated carbocycles. The number of rotatable bonds is 4. The van der Waals surface area contributed by atoms with Gasteiger partial charge in [0.25, 0.3) is 0 Å². The Morgan fingerprint density at radius 2 is 1.61 bits per heavy atom. The number of fused-ring (bicyclic) bond motifs is 1. The third kappa shape index (κ3) is 2.87. The van der Waals surface area contributed by atoms with Gasteiger partial charge in [-0.1, -0.05) is 30.4 Å². The summed E-state index contributed by atoms with van der Waals surface area (Å²) >= 11 is 6.97. The lowest BCUT2D eigenvalue weighted by Crippen LogP contribution is -1.96. The van der Waals surface area contributed by atoms with Crippen LogP contribution in [-0.4, -0.2) is 26.3 Å². The summed E-state index contributed by atoms with van der Waals surface area (Å²) in [5.41, 5.74) is 1.75. The minimum absolute atomic E-state index is 0.558. The molecule has 118 valence electrons. The normalized spacial score (nSPS) is 10.6. The molecule has 4 nitrogen and oxygen atoms in total. The molecule has 3 aromatic rings. The summed E-state index contributed by atoms with van der Waals surface area (Å²) in [5.74, 6) is 1.74. The first-order valence-corrected chi connectivity index (χ1v) is 8.10. The van der Waals surface area contributed by atoms with Crippen molar-refractivity contribution in [2.75, 3.05) is 21.3 Å². The van der Waals surface area contributed by atoms with Crippen molar-refractivity contribution in [3.63, 3.8) is 0 Å². The molecule has 0 spiro atoms. The van der Waals surface area contributed by atoms with Crippen LogP contribution in [0.1, 0.15) is 0 Å². The quantitative estimate of drug-likeness (QED) is 0.640. The second-order valence-corrected chi connectivity index (χ2v) is 6.40.